The molecule has 2 aromatic heterocycles. The lowest BCUT2D eigenvalue weighted by atomic mass is 10.1. The molecule has 1 saturated carbocycles. The molecule has 1 aliphatic heterocycles. The first-order chi connectivity index (χ1) is 13.2. The number of amides is 1. The van der Waals surface area contributed by atoms with Crippen LogP contribution in [-0.4, -0.2) is 28.9 Å². The molecule has 0 spiro atoms. The molecule has 0 unspecified atom stereocenters. The van der Waals surface area contributed by atoms with E-state index in [1.54, 1.807) is 0 Å². The van der Waals surface area contributed by atoms with Crippen LogP contribution in [0.4, 0.5) is 5.00 Å². The van der Waals surface area contributed by atoms with Crippen molar-refractivity contribution in [3.63, 3.8) is 0 Å². The van der Waals surface area contributed by atoms with Crippen LogP contribution in [-0.2, 0) is 27.4 Å². The molecule has 2 aromatic rings. The Bertz CT molecular complexity index is 954. The van der Waals surface area contributed by atoms with Gasteiger partial charge in [0.25, 0.3) is 11.8 Å². The van der Waals surface area contributed by atoms with Crippen LogP contribution in [0.3, 0.4) is 0 Å². The number of nitrogens with zero attached hydrogens (tertiary/aromatic N) is 2. The molecule has 8 heteroatoms. The van der Waals surface area contributed by atoms with Gasteiger partial charge in [-0.3, -0.25) is 9.59 Å². The number of hydrogen-bond acceptors (Lipinski definition) is 7. The van der Waals surface area contributed by atoms with Crippen molar-refractivity contribution in [2.75, 3.05) is 11.9 Å². The highest BCUT2D eigenvalue weighted by Crippen LogP contribution is 2.45. The molecular formula is C19H19N3O4S. The quantitative estimate of drug-likeness (QED) is 0.793. The highest BCUT2D eigenvalue weighted by molar-refractivity contribution is 7.17. The second kappa shape index (κ2) is 6.69. The number of ether oxygens (including phenoxy) is 1. The molecule has 0 atom stereocenters. The number of anilines is 1. The smallest absolute Gasteiger partial charge is 0.261 e. The first-order valence-electron chi connectivity index (χ1n) is 9.29. The maximum Gasteiger partial charge on any atom is 0.261 e. The number of allylic oxidation sites excluding steroid dienone is 1. The summed E-state index contributed by atoms with van der Waals surface area (Å²) < 4.78 is 11.1. The van der Waals surface area contributed by atoms with Gasteiger partial charge in [0.2, 0.25) is 0 Å². The Hall–Kier alpha value is -2.32. The van der Waals surface area contributed by atoms with E-state index in [-0.39, 0.29) is 5.91 Å². The lowest BCUT2D eigenvalue weighted by Crippen LogP contribution is -2.14. The van der Waals surface area contributed by atoms with Crippen molar-refractivity contribution in [2.24, 2.45) is 0 Å². The van der Waals surface area contributed by atoms with Gasteiger partial charge in [-0.05, 0) is 44.1 Å². The van der Waals surface area contributed by atoms with Gasteiger partial charge in [-0.1, -0.05) is 5.16 Å². The van der Waals surface area contributed by atoms with Crippen molar-refractivity contribution < 1.29 is 18.8 Å². The third kappa shape index (κ3) is 3.02. The van der Waals surface area contributed by atoms with Gasteiger partial charge in [0.15, 0.2) is 5.82 Å². The molecule has 7 nitrogen and oxygen atoms in total. The molecule has 1 fully saturated rings. The first-order valence-corrected chi connectivity index (χ1v) is 10.1. The molecule has 3 aliphatic rings. The summed E-state index contributed by atoms with van der Waals surface area (Å²) in [5, 5.41) is 7.83. The van der Waals surface area contributed by atoms with E-state index in [1.165, 1.54) is 11.3 Å². The van der Waals surface area contributed by atoms with E-state index in [9.17, 15) is 9.59 Å². The minimum Gasteiger partial charge on any atom is -0.376 e. The van der Waals surface area contributed by atoms with Crippen LogP contribution in [0.5, 0.6) is 0 Å². The summed E-state index contributed by atoms with van der Waals surface area (Å²) in [5.74, 6) is 1.40. The maximum absolute atomic E-state index is 12.8. The van der Waals surface area contributed by atoms with Crippen molar-refractivity contribution >= 4 is 28.5 Å². The molecule has 140 valence electrons. The zero-order valence-corrected chi connectivity index (χ0v) is 15.6. The van der Waals surface area contributed by atoms with E-state index in [0.29, 0.717) is 54.0 Å². The predicted octanol–water partition coefficient (Wildman–Crippen LogP) is 3.37. The van der Waals surface area contributed by atoms with Gasteiger partial charge in [0, 0.05) is 21.9 Å². The van der Waals surface area contributed by atoms with Crippen molar-refractivity contribution in [3.8, 4) is 11.5 Å². The minimum atomic E-state index is -0.211. The topological polar surface area (TPSA) is 94.3 Å². The second-order valence-electron chi connectivity index (χ2n) is 7.17. The third-order valence-corrected chi connectivity index (χ3v) is 6.44. The largest absolute Gasteiger partial charge is 0.376 e. The van der Waals surface area contributed by atoms with Gasteiger partial charge >= 0.3 is 0 Å². The monoisotopic (exact) mass is 385 g/mol. The van der Waals surface area contributed by atoms with Gasteiger partial charge in [0.05, 0.1) is 18.8 Å². The Kier molecular flexibility index (Phi) is 4.17. The Balaban J connectivity index is 1.52. The second-order valence-corrected chi connectivity index (χ2v) is 8.28. The van der Waals surface area contributed by atoms with Gasteiger partial charge in [0.1, 0.15) is 11.3 Å². The summed E-state index contributed by atoms with van der Waals surface area (Å²) in [7, 11) is 0. The van der Waals surface area contributed by atoms with E-state index in [2.05, 4.69) is 15.5 Å². The summed E-state index contributed by atoms with van der Waals surface area (Å²) in [5.41, 5.74) is 3.12. The molecule has 27 heavy (non-hydrogen) atoms. The molecule has 0 saturated heterocycles. The van der Waals surface area contributed by atoms with E-state index in [1.807, 2.05) is 0 Å². The van der Waals surface area contributed by atoms with E-state index in [4.69, 9.17) is 9.26 Å². The Morgan fingerprint density at radius 1 is 1.26 bits per heavy atom. The molecule has 1 N–H and O–H groups in total. The molecular weight excluding hydrogens is 366 g/mol. The van der Waals surface area contributed by atoms with Crippen molar-refractivity contribution in [3.05, 3.63) is 27.4 Å². The number of hydrogen-bond donors (Lipinski definition) is 1. The lowest BCUT2D eigenvalue weighted by Gasteiger charge is -2.12. The molecule has 5 rings (SSSR count). The Morgan fingerprint density at radius 3 is 2.96 bits per heavy atom. The normalized spacial score (nSPS) is 19.3. The van der Waals surface area contributed by atoms with E-state index >= 15 is 0 Å². The number of nitrogens with one attached hydrogen (secondary N) is 1. The molecule has 2 aliphatic carbocycles. The predicted molar refractivity (Wildman–Crippen MR) is 98.5 cm³/mol. The third-order valence-electron chi connectivity index (χ3n) is 5.32. The number of fused-ring (bicyclic) bond motifs is 1. The van der Waals surface area contributed by atoms with E-state index < -0.39 is 0 Å². The molecule has 0 aromatic carbocycles. The zero-order chi connectivity index (χ0) is 18.4. The fraction of sp³-hybridized carbons (Fsp3) is 0.474. The fourth-order valence-corrected chi connectivity index (χ4v) is 4.90. The minimum absolute atomic E-state index is 0.211. The highest BCUT2D eigenvalue weighted by atomic mass is 32.1. The molecule has 3 heterocycles. The number of carbonyl (C=O) groups is 2. The molecule has 1 amide bonds. The van der Waals surface area contributed by atoms with Crippen molar-refractivity contribution in [2.45, 2.75) is 51.0 Å². The Morgan fingerprint density at radius 2 is 2.15 bits per heavy atom. The van der Waals surface area contributed by atoms with Crippen molar-refractivity contribution in [1.29, 1.82) is 0 Å². The SMILES string of the molecule is O=CC1=C(C(=O)Nc2sc3c(c2-c2nc(C4CC4)no2)CCOC3)CCC1. The van der Waals surface area contributed by atoms with Gasteiger partial charge < -0.3 is 14.6 Å². The van der Waals surface area contributed by atoms with Gasteiger partial charge in [-0.25, -0.2) is 0 Å². The van der Waals surface area contributed by atoms with E-state index in [0.717, 1.165) is 53.8 Å². The number of carbonyl (C=O) groups excluding carboxylic acids is 2. The average molecular weight is 385 g/mol. The summed E-state index contributed by atoms with van der Waals surface area (Å²) in [4.78, 5) is 29.7. The highest BCUT2D eigenvalue weighted by Gasteiger charge is 2.32. The molecule has 0 radical (unpaired) electrons. The summed E-state index contributed by atoms with van der Waals surface area (Å²) >= 11 is 1.49. The van der Waals surface area contributed by atoms with Gasteiger partial charge in [-0.2, -0.15) is 4.98 Å². The maximum atomic E-state index is 12.8. The summed E-state index contributed by atoms with van der Waals surface area (Å²) in [6.07, 6.45) is 5.89. The Labute approximate surface area is 159 Å². The summed E-state index contributed by atoms with van der Waals surface area (Å²) in [6, 6.07) is 0. The zero-order valence-electron chi connectivity index (χ0n) is 14.7. The van der Waals surface area contributed by atoms with Crippen LogP contribution in [0.2, 0.25) is 0 Å². The first kappa shape index (κ1) is 16.8. The van der Waals surface area contributed by atoms with Crippen molar-refractivity contribution in [1.82, 2.24) is 10.1 Å². The summed E-state index contributed by atoms with van der Waals surface area (Å²) in [6.45, 7) is 1.16. The average Bonchev–Trinajstić information content (AvgIpc) is 3.09. The standard InChI is InChI=1S/C19H19N3O4S/c23-8-11-2-1-3-12(11)17(24)21-19-15(13-6-7-25-9-14(13)27-19)18-20-16(22-26-18)10-4-5-10/h8,10H,1-7,9H2,(H,21,24). The van der Waals surface area contributed by atoms with Crippen LogP contribution < -0.4 is 5.32 Å². The van der Waals surface area contributed by atoms with Crippen LogP contribution >= 0.6 is 11.3 Å². The van der Waals surface area contributed by atoms with Gasteiger partial charge in [-0.15, -0.1) is 11.3 Å². The van der Waals surface area contributed by atoms with Crippen LogP contribution in [0, 0.1) is 0 Å². The lowest BCUT2D eigenvalue weighted by molar-refractivity contribution is -0.113. The fourth-order valence-electron chi connectivity index (χ4n) is 3.73. The molecule has 0 bridgehead atoms. The number of thiophene rings is 1. The van der Waals surface area contributed by atoms with Crippen LogP contribution in [0.15, 0.2) is 15.7 Å². The van der Waals surface area contributed by atoms with Crippen LogP contribution in [0.25, 0.3) is 11.5 Å². The van der Waals surface area contributed by atoms with Crippen LogP contribution in [0.1, 0.15) is 54.3 Å². The number of rotatable bonds is 5. The number of aromatic nitrogens is 2. The number of aldehydes is 1.